The number of guanidine groups is 1. The van der Waals surface area contributed by atoms with Crippen molar-refractivity contribution in [1.82, 2.24) is 5.43 Å². The minimum Gasteiger partial charge on any atom is -0.495 e. The van der Waals surface area contributed by atoms with E-state index in [4.69, 9.17) is 22.2 Å². The van der Waals surface area contributed by atoms with Gasteiger partial charge in [-0.2, -0.15) is 0 Å². The molecule has 0 aliphatic carbocycles. The average molecular weight is 257 g/mol. The summed E-state index contributed by atoms with van der Waals surface area (Å²) in [5.41, 5.74) is 3.31. The number of hydrazine groups is 1. The molecule has 94 valence electrons. The van der Waals surface area contributed by atoms with Gasteiger partial charge in [-0.1, -0.05) is 18.5 Å². The van der Waals surface area contributed by atoms with Crippen molar-refractivity contribution in [2.75, 3.05) is 19.0 Å². The summed E-state index contributed by atoms with van der Waals surface area (Å²) < 4.78 is 5.12. The number of methoxy groups -OCH3 is 1. The second kappa shape index (κ2) is 6.98. The highest BCUT2D eigenvalue weighted by Crippen LogP contribution is 2.27. The van der Waals surface area contributed by atoms with E-state index in [1.165, 1.54) is 0 Å². The van der Waals surface area contributed by atoms with Crippen LogP contribution in [0.1, 0.15) is 13.3 Å². The summed E-state index contributed by atoms with van der Waals surface area (Å²) in [6.45, 7) is 2.75. The van der Waals surface area contributed by atoms with E-state index < -0.39 is 0 Å². The highest BCUT2D eigenvalue weighted by atomic mass is 35.5. The van der Waals surface area contributed by atoms with Crippen molar-refractivity contribution >= 4 is 23.2 Å². The Kier molecular flexibility index (Phi) is 5.59. The quantitative estimate of drug-likeness (QED) is 0.333. The van der Waals surface area contributed by atoms with Gasteiger partial charge >= 0.3 is 0 Å². The van der Waals surface area contributed by atoms with E-state index in [2.05, 4.69) is 15.7 Å². The molecule has 0 atom stereocenters. The zero-order valence-electron chi connectivity index (χ0n) is 9.96. The summed E-state index contributed by atoms with van der Waals surface area (Å²) in [5.74, 6) is 6.47. The van der Waals surface area contributed by atoms with Gasteiger partial charge in [0.2, 0.25) is 5.96 Å². The minimum absolute atomic E-state index is 0.510. The molecule has 6 heteroatoms. The molecule has 0 bridgehead atoms. The van der Waals surface area contributed by atoms with E-state index in [1.807, 2.05) is 13.0 Å². The van der Waals surface area contributed by atoms with E-state index in [0.29, 0.717) is 23.3 Å². The number of rotatable bonds is 4. The minimum atomic E-state index is 0.510. The molecule has 0 saturated heterocycles. The fraction of sp³-hybridized carbons (Fsp3) is 0.364. The first-order chi connectivity index (χ1) is 8.21. The van der Waals surface area contributed by atoms with Crippen LogP contribution in [0.15, 0.2) is 23.2 Å². The topological polar surface area (TPSA) is 71.7 Å². The second-order valence-corrected chi connectivity index (χ2v) is 3.76. The summed E-state index contributed by atoms with van der Waals surface area (Å²) >= 11 is 5.93. The molecule has 0 saturated carbocycles. The lowest BCUT2D eigenvalue weighted by molar-refractivity contribution is 0.415. The normalized spacial score (nSPS) is 11.2. The second-order valence-electron chi connectivity index (χ2n) is 3.35. The van der Waals surface area contributed by atoms with Crippen molar-refractivity contribution in [2.24, 2.45) is 10.8 Å². The number of nitrogens with two attached hydrogens (primary N) is 1. The molecule has 0 aromatic heterocycles. The van der Waals surface area contributed by atoms with E-state index >= 15 is 0 Å². The van der Waals surface area contributed by atoms with Crippen LogP contribution >= 0.6 is 11.6 Å². The van der Waals surface area contributed by atoms with E-state index in [1.54, 1.807) is 19.2 Å². The van der Waals surface area contributed by atoms with E-state index in [0.717, 1.165) is 12.1 Å². The van der Waals surface area contributed by atoms with Gasteiger partial charge in [0.1, 0.15) is 5.75 Å². The molecule has 5 nitrogen and oxygen atoms in total. The zero-order chi connectivity index (χ0) is 12.7. The molecule has 0 unspecified atom stereocenters. The number of hydrogen-bond acceptors (Lipinski definition) is 3. The van der Waals surface area contributed by atoms with Crippen LogP contribution < -0.4 is 21.3 Å². The molecular weight excluding hydrogens is 240 g/mol. The summed E-state index contributed by atoms with van der Waals surface area (Å²) in [6, 6.07) is 5.35. The molecule has 0 radical (unpaired) electrons. The van der Waals surface area contributed by atoms with E-state index in [-0.39, 0.29) is 0 Å². The molecule has 0 amide bonds. The standard InChI is InChI=1S/C11H17ClN4O/c1-3-6-14-11(16-13)15-8-4-5-9(12)10(7-8)17-2/h4-5,7H,3,6,13H2,1-2H3,(H2,14,15,16). The number of ether oxygens (including phenoxy) is 1. The van der Waals surface area contributed by atoms with Crippen LogP contribution in [-0.4, -0.2) is 19.6 Å². The van der Waals surface area contributed by atoms with Crippen molar-refractivity contribution in [3.63, 3.8) is 0 Å². The Morgan fingerprint density at radius 3 is 2.88 bits per heavy atom. The van der Waals surface area contributed by atoms with Crippen LogP contribution in [0.25, 0.3) is 0 Å². The van der Waals surface area contributed by atoms with Gasteiger partial charge in [-0.25, -0.2) is 5.84 Å². The zero-order valence-corrected chi connectivity index (χ0v) is 10.7. The van der Waals surface area contributed by atoms with Crippen LogP contribution in [0.3, 0.4) is 0 Å². The Bertz CT molecular complexity index is 395. The third kappa shape index (κ3) is 4.13. The fourth-order valence-electron chi connectivity index (χ4n) is 1.22. The Morgan fingerprint density at radius 2 is 2.29 bits per heavy atom. The maximum absolute atomic E-state index is 5.93. The fourth-order valence-corrected chi connectivity index (χ4v) is 1.41. The SMILES string of the molecule is CCCN=C(NN)Nc1ccc(Cl)c(OC)c1. The van der Waals surface area contributed by atoms with Crippen molar-refractivity contribution in [3.8, 4) is 5.75 Å². The first-order valence-electron chi connectivity index (χ1n) is 5.33. The molecule has 0 fully saturated rings. The summed E-state index contributed by atoms with van der Waals surface area (Å²) in [4.78, 5) is 4.23. The number of halogens is 1. The number of aliphatic imine (C=N–C) groups is 1. The highest BCUT2D eigenvalue weighted by Gasteiger charge is 2.03. The van der Waals surface area contributed by atoms with Crippen molar-refractivity contribution in [2.45, 2.75) is 13.3 Å². The summed E-state index contributed by atoms with van der Waals surface area (Å²) in [6.07, 6.45) is 0.955. The first kappa shape index (κ1) is 13.6. The monoisotopic (exact) mass is 256 g/mol. The Morgan fingerprint density at radius 1 is 1.53 bits per heavy atom. The molecule has 1 rings (SSSR count). The number of benzene rings is 1. The van der Waals surface area contributed by atoms with Crippen LogP contribution in [0.5, 0.6) is 5.75 Å². The maximum Gasteiger partial charge on any atom is 0.210 e. The number of nitrogens with zero attached hydrogens (tertiary/aromatic N) is 1. The van der Waals surface area contributed by atoms with Gasteiger partial charge in [0.15, 0.2) is 0 Å². The van der Waals surface area contributed by atoms with Gasteiger partial charge in [-0.3, -0.25) is 10.4 Å². The molecule has 17 heavy (non-hydrogen) atoms. The first-order valence-corrected chi connectivity index (χ1v) is 5.70. The molecule has 1 aromatic carbocycles. The molecule has 0 aliphatic rings. The summed E-state index contributed by atoms with van der Waals surface area (Å²) in [7, 11) is 1.57. The predicted octanol–water partition coefficient (Wildman–Crippen LogP) is 1.99. The maximum atomic E-state index is 5.93. The van der Waals surface area contributed by atoms with Gasteiger partial charge in [-0.15, -0.1) is 0 Å². The molecule has 4 N–H and O–H groups in total. The van der Waals surface area contributed by atoms with Gasteiger partial charge in [-0.05, 0) is 18.6 Å². The van der Waals surface area contributed by atoms with Crippen LogP contribution in [0.4, 0.5) is 5.69 Å². The van der Waals surface area contributed by atoms with Crippen LogP contribution in [0, 0.1) is 0 Å². The number of hydrogen-bond donors (Lipinski definition) is 3. The number of nitrogens with one attached hydrogen (secondary N) is 2. The van der Waals surface area contributed by atoms with Crippen molar-refractivity contribution in [3.05, 3.63) is 23.2 Å². The van der Waals surface area contributed by atoms with Crippen LogP contribution in [-0.2, 0) is 0 Å². The lowest BCUT2D eigenvalue weighted by Gasteiger charge is -2.10. The van der Waals surface area contributed by atoms with Crippen LogP contribution in [0.2, 0.25) is 5.02 Å². The van der Waals surface area contributed by atoms with Gasteiger partial charge < -0.3 is 10.1 Å². The van der Waals surface area contributed by atoms with Crippen molar-refractivity contribution < 1.29 is 4.74 Å². The number of anilines is 1. The predicted molar refractivity (Wildman–Crippen MR) is 71.5 cm³/mol. The smallest absolute Gasteiger partial charge is 0.210 e. The summed E-state index contributed by atoms with van der Waals surface area (Å²) in [5, 5.41) is 3.60. The Hall–Kier alpha value is -1.46. The lowest BCUT2D eigenvalue weighted by Crippen LogP contribution is -2.36. The van der Waals surface area contributed by atoms with Gasteiger partial charge in [0.05, 0.1) is 12.1 Å². The van der Waals surface area contributed by atoms with Crippen molar-refractivity contribution in [1.29, 1.82) is 0 Å². The average Bonchev–Trinajstić information content (AvgIpc) is 2.36. The Balaban J connectivity index is 2.79. The molecule has 0 heterocycles. The highest BCUT2D eigenvalue weighted by molar-refractivity contribution is 6.32. The van der Waals surface area contributed by atoms with Gasteiger partial charge in [0.25, 0.3) is 0 Å². The third-order valence-electron chi connectivity index (χ3n) is 2.04. The molecule has 0 spiro atoms. The molecule has 1 aromatic rings. The molecule has 0 aliphatic heterocycles. The van der Waals surface area contributed by atoms with E-state index in [9.17, 15) is 0 Å². The van der Waals surface area contributed by atoms with Gasteiger partial charge in [0, 0.05) is 18.3 Å². The molecular formula is C11H17ClN4O. The Labute approximate surface area is 106 Å². The third-order valence-corrected chi connectivity index (χ3v) is 2.36. The largest absolute Gasteiger partial charge is 0.495 e. The lowest BCUT2D eigenvalue weighted by atomic mass is 10.3.